The van der Waals surface area contributed by atoms with Gasteiger partial charge in [-0.05, 0) is 25.0 Å². The molecule has 0 amide bonds. The van der Waals surface area contributed by atoms with Crippen LogP contribution in [-0.2, 0) is 12.3 Å². The van der Waals surface area contributed by atoms with E-state index in [0.717, 1.165) is 24.4 Å². The Kier molecular flexibility index (Phi) is 3.74. The Labute approximate surface area is 141 Å². The molecule has 5 heteroatoms. The van der Waals surface area contributed by atoms with Crippen molar-refractivity contribution in [3.8, 4) is 0 Å². The summed E-state index contributed by atoms with van der Waals surface area (Å²) in [5, 5.41) is 12.3. The van der Waals surface area contributed by atoms with Gasteiger partial charge in [-0.3, -0.25) is 0 Å². The van der Waals surface area contributed by atoms with Gasteiger partial charge in [0.05, 0.1) is 12.2 Å². The van der Waals surface area contributed by atoms with Gasteiger partial charge in [0.1, 0.15) is 12.7 Å². The molecule has 2 aromatic rings. The summed E-state index contributed by atoms with van der Waals surface area (Å²) in [6.07, 6.45) is 9.71. The highest BCUT2D eigenvalue weighted by Crippen LogP contribution is 2.39. The molecular formula is C18H21ClN3O+. The molecule has 1 aliphatic heterocycles. The molecule has 4 nitrogen and oxygen atoms in total. The SMILES string of the molecule is O[C@@]1(c2ccc(Cl)cc2)C[n+]2cccnc2N1C1CCCCC1. The molecule has 120 valence electrons. The second kappa shape index (κ2) is 5.77. The van der Waals surface area contributed by atoms with Crippen molar-refractivity contribution in [1.82, 2.24) is 4.98 Å². The lowest BCUT2D eigenvalue weighted by Crippen LogP contribution is -2.51. The van der Waals surface area contributed by atoms with Crippen LogP contribution in [-0.4, -0.2) is 16.1 Å². The van der Waals surface area contributed by atoms with E-state index in [-0.39, 0.29) is 0 Å². The summed E-state index contributed by atoms with van der Waals surface area (Å²) >= 11 is 6.03. The maximum absolute atomic E-state index is 11.6. The average molecular weight is 331 g/mol. The van der Waals surface area contributed by atoms with E-state index in [0.29, 0.717) is 17.6 Å². The molecule has 4 rings (SSSR count). The Balaban J connectivity index is 1.79. The molecule has 1 atom stereocenters. The van der Waals surface area contributed by atoms with E-state index in [2.05, 4.69) is 9.88 Å². The first-order valence-corrected chi connectivity index (χ1v) is 8.68. The summed E-state index contributed by atoms with van der Waals surface area (Å²) in [6, 6.07) is 9.77. The van der Waals surface area contributed by atoms with Crippen LogP contribution in [0.25, 0.3) is 0 Å². The summed E-state index contributed by atoms with van der Waals surface area (Å²) in [6.45, 7) is 0.494. The van der Waals surface area contributed by atoms with Crippen LogP contribution in [0.5, 0.6) is 0 Å². The topological polar surface area (TPSA) is 40.2 Å². The highest BCUT2D eigenvalue weighted by atomic mass is 35.5. The Hall–Kier alpha value is -1.65. The van der Waals surface area contributed by atoms with E-state index >= 15 is 0 Å². The number of aromatic nitrogens is 2. The van der Waals surface area contributed by atoms with Crippen molar-refractivity contribution in [2.75, 3.05) is 4.90 Å². The van der Waals surface area contributed by atoms with Gasteiger partial charge in [-0.15, -0.1) is 0 Å². The summed E-state index contributed by atoms with van der Waals surface area (Å²) in [7, 11) is 0. The lowest BCUT2D eigenvalue weighted by Gasteiger charge is -2.36. The summed E-state index contributed by atoms with van der Waals surface area (Å²) in [4.78, 5) is 6.69. The zero-order valence-corrected chi connectivity index (χ0v) is 13.8. The van der Waals surface area contributed by atoms with E-state index in [1.165, 1.54) is 19.3 Å². The lowest BCUT2D eigenvalue weighted by atomic mass is 9.91. The maximum atomic E-state index is 11.6. The standard InChI is InChI=1S/C18H21ClN3O/c19-15-9-7-14(8-10-15)18(23)13-21-12-4-11-20-17(21)22(18)16-5-2-1-3-6-16/h4,7-12,16,23H,1-3,5-6,13H2/q+1/t18-/m1/s1. The van der Waals surface area contributed by atoms with Crippen LogP contribution < -0.4 is 9.47 Å². The monoisotopic (exact) mass is 330 g/mol. The summed E-state index contributed by atoms with van der Waals surface area (Å²) in [5.41, 5.74) is -0.188. The number of anilines is 1. The number of aliphatic hydroxyl groups is 1. The van der Waals surface area contributed by atoms with Gasteiger partial charge in [-0.2, -0.15) is 0 Å². The molecule has 1 saturated carbocycles. The highest BCUT2D eigenvalue weighted by Gasteiger charge is 2.54. The van der Waals surface area contributed by atoms with Crippen LogP contribution in [0.1, 0.15) is 37.7 Å². The number of hydrogen-bond donors (Lipinski definition) is 1. The molecule has 0 spiro atoms. The lowest BCUT2D eigenvalue weighted by molar-refractivity contribution is -0.685. The van der Waals surface area contributed by atoms with Gasteiger partial charge in [0.15, 0.2) is 0 Å². The van der Waals surface area contributed by atoms with Crippen LogP contribution in [0.15, 0.2) is 42.7 Å². The Morgan fingerprint density at radius 1 is 1.17 bits per heavy atom. The van der Waals surface area contributed by atoms with Gasteiger partial charge >= 0.3 is 5.95 Å². The first kappa shape index (κ1) is 14.9. The highest BCUT2D eigenvalue weighted by molar-refractivity contribution is 6.30. The minimum Gasteiger partial charge on any atom is -0.353 e. The van der Waals surface area contributed by atoms with Crippen molar-refractivity contribution in [3.05, 3.63) is 53.3 Å². The molecule has 1 N–H and O–H groups in total. The number of hydrogen-bond acceptors (Lipinski definition) is 3. The fourth-order valence-electron chi connectivity index (χ4n) is 3.95. The third-order valence-electron chi connectivity index (χ3n) is 5.05. The van der Waals surface area contributed by atoms with E-state index in [4.69, 9.17) is 11.6 Å². The van der Waals surface area contributed by atoms with Crippen molar-refractivity contribution in [1.29, 1.82) is 0 Å². The summed E-state index contributed by atoms with van der Waals surface area (Å²) in [5.74, 6) is 0.858. The number of fused-ring (bicyclic) bond motifs is 1. The summed E-state index contributed by atoms with van der Waals surface area (Å²) < 4.78 is 2.04. The van der Waals surface area contributed by atoms with Gasteiger partial charge < -0.3 is 5.11 Å². The fraction of sp³-hybridized carbons (Fsp3) is 0.444. The zero-order valence-electron chi connectivity index (χ0n) is 13.0. The van der Waals surface area contributed by atoms with Gasteiger partial charge in [0.2, 0.25) is 5.72 Å². The number of benzene rings is 1. The largest absolute Gasteiger partial charge is 0.397 e. The van der Waals surface area contributed by atoms with E-state index in [1.54, 1.807) is 6.20 Å². The smallest absolute Gasteiger partial charge is 0.353 e. The minimum atomic E-state index is -1.06. The minimum absolute atomic E-state index is 0.327. The maximum Gasteiger partial charge on any atom is 0.397 e. The molecular weight excluding hydrogens is 310 g/mol. The predicted octanol–water partition coefficient (Wildman–Crippen LogP) is 3.02. The van der Waals surface area contributed by atoms with Crippen LogP contribution in [0.2, 0.25) is 5.02 Å². The Morgan fingerprint density at radius 3 is 2.65 bits per heavy atom. The molecule has 2 aliphatic rings. The number of rotatable bonds is 2. The second-order valence-corrected chi connectivity index (χ2v) is 6.97. The van der Waals surface area contributed by atoms with Crippen molar-refractivity contribution >= 4 is 17.5 Å². The third-order valence-corrected chi connectivity index (χ3v) is 5.30. The van der Waals surface area contributed by atoms with E-state index < -0.39 is 5.72 Å². The fourth-order valence-corrected chi connectivity index (χ4v) is 4.07. The molecule has 2 heterocycles. The number of halogens is 1. The Bertz CT molecular complexity index is 700. The molecule has 1 aromatic heterocycles. The van der Waals surface area contributed by atoms with Crippen LogP contribution in [0, 0.1) is 0 Å². The van der Waals surface area contributed by atoms with Gasteiger partial charge in [0.25, 0.3) is 0 Å². The average Bonchev–Trinajstić information content (AvgIpc) is 2.89. The van der Waals surface area contributed by atoms with E-state index in [9.17, 15) is 5.11 Å². The Morgan fingerprint density at radius 2 is 1.91 bits per heavy atom. The second-order valence-electron chi connectivity index (χ2n) is 6.53. The van der Waals surface area contributed by atoms with Crippen molar-refractivity contribution in [2.24, 2.45) is 0 Å². The van der Waals surface area contributed by atoms with Crippen molar-refractivity contribution in [3.63, 3.8) is 0 Å². The first-order valence-electron chi connectivity index (χ1n) is 8.31. The normalized spacial score (nSPS) is 24.7. The molecule has 0 bridgehead atoms. The van der Waals surface area contributed by atoms with Crippen molar-refractivity contribution in [2.45, 2.75) is 50.4 Å². The molecule has 0 radical (unpaired) electrons. The van der Waals surface area contributed by atoms with Crippen LogP contribution >= 0.6 is 11.6 Å². The predicted molar refractivity (Wildman–Crippen MR) is 89.1 cm³/mol. The van der Waals surface area contributed by atoms with Crippen LogP contribution in [0.3, 0.4) is 0 Å². The molecule has 23 heavy (non-hydrogen) atoms. The van der Waals surface area contributed by atoms with Crippen LogP contribution in [0.4, 0.5) is 5.95 Å². The quantitative estimate of drug-likeness (QED) is 0.860. The number of nitrogens with zero attached hydrogens (tertiary/aromatic N) is 3. The molecule has 0 saturated heterocycles. The van der Waals surface area contributed by atoms with Gasteiger partial charge in [-0.25, -0.2) is 9.47 Å². The molecule has 1 fully saturated rings. The van der Waals surface area contributed by atoms with Gasteiger partial charge in [-0.1, -0.05) is 48.0 Å². The van der Waals surface area contributed by atoms with E-state index in [1.807, 2.05) is 41.1 Å². The third kappa shape index (κ3) is 2.50. The zero-order chi connectivity index (χ0) is 15.9. The molecule has 1 aliphatic carbocycles. The molecule has 1 aromatic carbocycles. The molecule has 0 unspecified atom stereocenters. The van der Waals surface area contributed by atoms with Crippen molar-refractivity contribution < 1.29 is 9.67 Å². The first-order chi connectivity index (χ1) is 11.2. The van der Waals surface area contributed by atoms with Gasteiger partial charge in [0, 0.05) is 16.7 Å².